The van der Waals surface area contributed by atoms with Crippen LogP contribution < -0.4 is 4.74 Å². The smallest absolute Gasteiger partial charge is 0.193 e. The van der Waals surface area contributed by atoms with E-state index >= 15 is 0 Å². The topological polar surface area (TPSA) is 26.3 Å². The van der Waals surface area contributed by atoms with Gasteiger partial charge in [-0.15, -0.1) is 0 Å². The van der Waals surface area contributed by atoms with Crippen molar-refractivity contribution in [1.82, 2.24) is 0 Å². The standard InChI is InChI=1S/C14H9F3O2/c1-19-13-3-2-8(6-12(13)17)14(18)9-4-10(15)7-11(16)5-9/h2-7H,1H3. The van der Waals surface area contributed by atoms with Crippen molar-refractivity contribution in [3.05, 3.63) is 65.0 Å². The van der Waals surface area contributed by atoms with E-state index in [9.17, 15) is 18.0 Å². The Balaban J connectivity index is 2.41. The van der Waals surface area contributed by atoms with Crippen molar-refractivity contribution in [1.29, 1.82) is 0 Å². The van der Waals surface area contributed by atoms with Crippen LogP contribution in [0.4, 0.5) is 13.2 Å². The third-order valence-corrected chi connectivity index (χ3v) is 2.54. The molecule has 0 saturated heterocycles. The van der Waals surface area contributed by atoms with E-state index in [1.807, 2.05) is 0 Å². The molecule has 0 amide bonds. The lowest BCUT2D eigenvalue weighted by atomic mass is 10.0. The van der Waals surface area contributed by atoms with E-state index in [1.165, 1.54) is 19.2 Å². The highest BCUT2D eigenvalue weighted by molar-refractivity contribution is 6.09. The van der Waals surface area contributed by atoms with Crippen molar-refractivity contribution in [3.8, 4) is 5.75 Å². The summed E-state index contributed by atoms with van der Waals surface area (Å²) in [5.41, 5.74) is -0.189. The molecule has 0 N–H and O–H groups in total. The fourth-order valence-corrected chi connectivity index (χ4v) is 1.66. The summed E-state index contributed by atoms with van der Waals surface area (Å²) < 4.78 is 44.2. The van der Waals surface area contributed by atoms with Crippen LogP contribution in [0, 0.1) is 17.5 Å². The van der Waals surface area contributed by atoms with Gasteiger partial charge in [0.05, 0.1) is 7.11 Å². The van der Waals surface area contributed by atoms with Crippen molar-refractivity contribution in [2.24, 2.45) is 0 Å². The van der Waals surface area contributed by atoms with Gasteiger partial charge in [0.15, 0.2) is 17.3 Å². The molecular formula is C14H9F3O2. The van der Waals surface area contributed by atoms with Gasteiger partial charge < -0.3 is 4.74 Å². The average molecular weight is 266 g/mol. The van der Waals surface area contributed by atoms with Gasteiger partial charge in [-0.05, 0) is 30.3 Å². The van der Waals surface area contributed by atoms with Gasteiger partial charge in [-0.1, -0.05) is 0 Å². The first-order chi connectivity index (χ1) is 9.01. The Kier molecular flexibility index (Phi) is 3.55. The largest absolute Gasteiger partial charge is 0.494 e. The van der Waals surface area contributed by atoms with Gasteiger partial charge in [0.1, 0.15) is 11.6 Å². The summed E-state index contributed by atoms with van der Waals surface area (Å²) in [4.78, 5) is 12.0. The van der Waals surface area contributed by atoms with Crippen molar-refractivity contribution in [2.45, 2.75) is 0 Å². The van der Waals surface area contributed by atoms with Gasteiger partial charge in [-0.25, -0.2) is 13.2 Å². The lowest BCUT2D eigenvalue weighted by Gasteiger charge is -2.05. The van der Waals surface area contributed by atoms with Gasteiger partial charge in [0.25, 0.3) is 0 Å². The summed E-state index contributed by atoms with van der Waals surface area (Å²) in [5.74, 6) is -3.12. The van der Waals surface area contributed by atoms with Crippen LogP contribution in [0.2, 0.25) is 0 Å². The molecule has 0 spiro atoms. The molecule has 98 valence electrons. The summed E-state index contributed by atoms with van der Waals surface area (Å²) in [6, 6.07) is 6.02. The Bertz CT molecular complexity index is 618. The maximum Gasteiger partial charge on any atom is 0.193 e. The number of carbonyl (C=O) groups excluding carboxylic acids is 1. The van der Waals surface area contributed by atoms with E-state index < -0.39 is 23.2 Å². The Morgan fingerprint density at radius 1 is 0.947 bits per heavy atom. The predicted molar refractivity (Wildman–Crippen MR) is 62.7 cm³/mol. The van der Waals surface area contributed by atoms with E-state index in [-0.39, 0.29) is 16.9 Å². The van der Waals surface area contributed by atoms with Crippen molar-refractivity contribution in [3.63, 3.8) is 0 Å². The lowest BCUT2D eigenvalue weighted by Crippen LogP contribution is -2.03. The summed E-state index contributed by atoms with van der Waals surface area (Å²) in [6.07, 6.45) is 0. The van der Waals surface area contributed by atoms with Crippen LogP contribution in [0.3, 0.4) is 0 Å². The molecule has 2 nitrogen and oxygen atoms in total. The molecule has 0 aliphatic rings. The van der Waals surface area contributed by atoms with E-state index in [2.05, 4.69) is 0 Å². The second-order valence-corrected chi connectivity index (χ2v) is 3.84. The van der Waals surface area contributed by atoms with Gasteiger partial charge in [-0.2, -0.15) is 0 Å². The molecule has 0 unspecified atom stereocenters. The van der Waals surface area contributed by atoms with Gasteiger partial charge >= 0.3 is 0 Å². The van der Waals surface area contributed by atoms with Crippen molar-refractivity contribution >= 4 is 5.78 Å². The number of methoxy groups -OCH3 is 1. The molecule has 0 fully saturated rings. The molecule has 0 atom stereocenters. The number of ether oxygens (including phenoxy) is 1. The second kappa shape index (κ2) is 5.14. The molecule has 2 rings (SSSR count). The SMILES string of the molecule is COc1ccc(C(=O)c2cc(F)cc(F)c2)cc1F. The van der Waals surface area contributed by atoms with Crippen LogP contribution in [0.5, 0.6) is 5.75 Å². The summed E-state index contributed by atoms with van der Waals surface area (Å²) >= 11 is 0. The molecule has 0 aliphatic carbocycles. The molecule has 0 aliphatic heterocycles. The van der Waals surface area contributed by atoms with Crippen LogP contribution in [-0.2, 0) is 0 Å². The number of benzene rings is 2. The highest BCUT2D eigenvalue weighted by Crippen LogP contribution is 2.20. The Morgan fingerprint density at radius 2 is 1.58 bits per heavy atom. The Labute approximate surface area is 107 Å². The van der Waals surface area contributed by atoms with E-state index in [0.29, 0.717) is 6.07 Å². The summed E-state index contributed by atoms with van der Waals surface area (Å²) in [6.45, 7) is 0. The van der Waals surface area contributed by atoms with Crippen LogP contribution in [0.25, 0.3) is 0 Å². The molecule has 0 heterocycles. The fourth-order valence-electron chi connectivity index (χ4n) is 1.66. The third kappa shape index (κ3) is 2.76. The predicted octanol–water partition coefficient (Wildman–Crippen LogP) is 3.34. The minimum absolute atomic E-state index is 0.0108. The van der Waals surface area contributed by atoms with Crippen molar-refractivity contribution in [2.75, 3.05) is 7.11 Å². The van der Waals surface area contributed by atoms with Gasteiger partial charge in [-0.3, -0.25) is 4.79 Å². The average Bonchev–Trinajstić information content (AvgIpc) is 2.36. The fraction of sp³-hybridized carbons (Fsp3) is 0.0714. The van der Waals surface area contributed by atoms with Crippen LogP contribution in [0.15, 0.2) is 36.4 Å². The molecule has 2 aromatic rings. The number of hydrogen-bond acceptors (Lipinski definition) is 2. The second-order valence-electron chi connectivity index (χ2n) is 3.84. The zero-order chi connectivity index (χ0) is 14.0. The number of rotatable bonds is 3. The zero-order valence-corrected chi connectivity index (χ0v) is 9.91. The normalized spacial score (nSPS) is 10.3. The van der Waals surface area contributed by atoms with Crippen molar-refractivity contribution < 1.29 is 22.7 Å². The molecule has 19 heavy (non-hydrogen) atoms. The maximum absolute atomic E-state index is 13.5. The van der Waals surface area contributed by atoms with Crippen LogP contribution in [0.1, 0.15) is 15.9 Å². The molecule has 0 bridgehead atoms. The van der Waals surface area contributed by atoms with Gasteiger partial charge in [0.2, 0.25) is 0 Å². The quantitative estimate of drug-likeness (QED) is 0.796. The highest BCUT2D eigenvalue weighted by atomic mass is 19.1. The van der Waals surface area contributed by atoms with E-state index in [4.69, 9.17) is 4.74 Å². The number of halogens is 3. The number of ketones is 1. The third-order valence-electron chi connectivity index (χ3n) is 2.54. The monoisotopic (exact) mass is 266 g/mol. The molecule has 0 saturated carbocycles. The summed E-state index contributed by atoms with van der Waals surface area (Å²) in [7, 11) is 1.29. The Morgan fingerprint density at radius 3 is 2.11 bits per heavy atom. The number of carbonyl (C=O) groups is 1. The van der Waals surface area contributed by atoms with Gasteiger partial charge in [0, 0.05) is 17.2 Å². The molecule has 0 aromatic heterocycles. The lowest BCUT2D eigenvalue weighted by molar-refractivity contribution is 0.103. The minimum atomic E-state index is -0.864. The first-order valence-corrected chi connectivity index (χ1v) is 5.35. The van der Waals surface area contributed by atoms with Crippen LogP contribution in [-0.4, -0.2) is 12.9 Å². The zero-order valence-electron chi connectivity index (χ0n) is 9.91. The first-order valence-electron chi connectivity index (χ1n) is 5.35. The minimum Gasteiger partial charge on any atom is -0.494 e. The molecule has 0 radical (unpaired) electrons. The van der Waals surface area contributed by atoms with E-state index in [0.717, 1.165) is 18.2 Å². The molecule has 5 heteroatoms. The van der Waals surface area contributed by atoms with E-state index in [1.54, 1.807) is 0 Å². The first kappa shape index (κ1) is 13.1. The highest BCUT2D eigenvalue weighted by Gasteiger charge is 2.14. The summed E-state index contributed by atoms with van der Waals surface area (Å²) in [5, 5.41) is 0. The molecular weight excluding hydrogens is 257 g/mol. The maximum atomic E-state index is 13.5. The molecule has 2 aromatic carbocycles. The Hall–Kier alpha value is -2.30. The number of hydrogen-bond donors (Lipinski definition) is 0. The van der Waals surface area contributed by atoms with Crippen LogP contribution >= 0.6 is 0 Å².